The molecule has 26 heavy (non-hydrogen) atoms. The van der Waals surface area contributed by atoms with Crippen molar-refractivity contribution in [2.45, 2.75) is 32.2 Å². The van der Waals surface area contributed by atoms with Gasteiger partial charge < -0.3 is 19.0 Å². The molecule has 7 heteroatoms. The average molecular weight is 362 g/mol. The van der Waals surface area contributed by atoms with Crippen molar-refractivity contribution in [3.63, 3.8) is 0 Å². The number of likely N-dealkylation sites (N-methyl/N-ethyl adjacent to an activating group) is 1. The normalized spacial score (nSPS) is 27.3. The number of amides is 1. The first-order valence-electron chi connectivity index (χ1n) is 9.76. The van der Waals surface area contributed by atoms with E-state index in [2.05, 4.69) is 21.8 Å². The summed E-state index contributed by atoms with van der Waals surface area (Å²) in [5.74, 6) is 0.390. The minimum absolute atomic E-state index is 0.00827. The zero-order valence-electron chi connectivity index (χ0n) is 15.9. The van der Waals surface area contributed by atoms with Crippen molar-refractivity contribution in [1.29, 1.82) is 0 Å². The Balaban J connectivity index is 1.33. The van der Waals surface area contributed by atoms with Gasteiger partial charge in [0.1, 0.15) is 0 Å². The first kappa shape index (κ1) is 17.9. The van der Waals surface area contributed by atoms with Crippen molar-refractivity contribution in [3.8, 4) is 0 Å². The molecule has 1 aromatic heterocycles. The Bertz CT molecular complexity index is 632. The lowest BCUT2D eigenvalue weighted by atomic mass is 9.76. The van der Waals surface area contributed by atoms with E-state index in [-0.39, 0.29) is 5.91 Å². The molecule has 1 spiro atoms. The van der Waals surface area contributed by atoms with Crippen LogP contribution in [0.4, 0.5) is 0 Å². The summed E-state index contributed by atoms with van der Waals surface area (Å²) < 4.78 is 10.8. The van der Waals surface area contributed by atoms with E-state index in [0.29, 0.717) is 22.9 Å². The molecule has 4 rings (SSSR count). The molecule has 0 saturated carbocycles. The van der Waals surface area contributed by atoms with Crippen LogP contribution in [-0.4, -0.2) is 91.2 Å². The maximum atomic E-state index is 12.6. The molecular formula is C19H30N4O3. The average Bonchev–Trinajstić information content (AvgIpc) is 3.20. The number of oxazole rings is 1. The fourth-order valence-corrected chi connectivity index (χ4v) is 4.86. The Morgan fingerprint density at radius 1 is 1.27 bits per heavy atom. The molecule has 1 atom stereocenters. The van der Waals surface area contributed by atoms with Gasteiger partial charge in [0.05, 0.1) is 18.9 Å². The lowest BCUT2D eigenvalue weighted by molar-refractivity contribution is 0.0283. The standard InChI is InChI=1S/C19H30N4O3/c1-15-17(26-14-20-15)18(24)23-5-3-19(4-6-23)11-16(21(2)13-19)12-22-7-9-25-10-8-22/h14,16H,3-13H2,1-2H3. The highest BCUT2D eigenvalue weighted by atomic mass is 16.5. The van der Waals surface area contributed by atoms with Gasteiger partial charge in [0, 0.05) is 45.3 Å². The van der Waals surface area contributed by atoms with Gasteiger partial charge in [-0.2, -0.15) is 0 Å². The van der Waals surface area contributed by atoms with Crippen molar-refractivity contribution < 1.29 is 13.9 Å². The molecule has 1 aromatic rings. The van der Waals surface area contributed by atoms with E-state index < -0.39 is 0 Å². The number of ether oxygens (including phenoxy) is 1. The highest BCUT2D eigenvalue weighted by molar-refractivity contribution is 5.92. The van der Waals surface area contributed by atoms with E-state index in [4.69, 9.17) is 9.15 Å². The number of carbonyl (C=O) groups is 1. The number of hydrogen-bond donors (Lipinski definition) is 0. The molecule has 0 radical (unpaired) electrons. The van der Waals surface area contributed by atoms with Crippen molar-refractivity contribution in [1.82, 2.24) is 19.7 Å². The summed E-state index contributed by atoms with van der Waals surface area (Å²) in [6.07, 6.45) is 4.76. The summed E-state index contributed by atoms with van der Waals surface area (Å²) in [5, 5.41) is 0. The molecule has 3 aliphatic heterocycles. The van der Waals surface area contributed by atoms with Crippen LogP contribution in [0.1, 0.15) is 35.5 Å². The SMILES string of the molecule is Cc1ncoc1C(=O)N1CCC2(CC1)CC(CN1CCOCC1)N(C)C2. The third-order valence-corrected chi connectivity index (χ3v) is 6.50. The van der Waals surface area contributed by atoms with Crippen LogP contribution < -0.4 is 0 Å². The number of aromatic nitrogens is 1. The number of morpholine rings is 1. The summed E-state index contributed by atoms with van der Waals surface area (Å²) in [4.78, 5) is 23.7. The second-order valence-corrected chi connectivity index (χ2v) is 8.25. The Hall–Kier alpha value is -1.44. The van der Waals surface area contributed by atoms with Gasteiger partial charge in [-0.3, -0.25) is 9.69 Å². The van der Waals surface area contributed by atoms with E-state index in [9.17, 15) is 4.79 Å². The van der Waals surface area contributed by atoms with E-state index in [0.717, 1.165) is 65.3 Å². The smallest absolute Gasteiger partial charge is 0.291 e. The van der Waals surface area contributed by atoms with Crippen LogP contribution in [0.3, 0.4) is 0 Å². The summed E-state index contributed by atoms with van der Waals surface area (Å²) in [5.41, 5.74) is 1.04. The summed E-state index contributed by atoms with van der Waals surface area (Å²) >= 11 is 0. The fraction of sp³-hybridized carbons (Fsp3) is 0.789. The van der Waals surface area contributed by atoms with Gasteiger partial charge >= 0.3 is 0 Å². The van der Waals surface area contributed by atoms with Crippen molar-refractivity contribution in [2.24, 2.45) is 5.41 Å². The topological polar surface area (TPSA) is 62.1 Å². The largest absolute Gasteiger partial charge is 0.438 e. The van der Waals surface area contributed by atoms with Crippen LogP contribution in [0, 0.1) is 12.3 Å². The minimum Gasteiger partial charge on any atom is -0.438 e. The number of nitrogens with zero attached hydrogens (tertiary/aromatic N) is 4. The first-order valence-corrected chi connectivity index (χ1v) is 9.76. The molecule has 3 aliphatic rings. The Kier molecular flexibility index (Phi) is 5.03. The molecular weight excluding hydrogens is 332 g/mol. The van der Waals surface area contributed by atoms with E-state index in [1.54, 1.807) is 0 Å². The maximum Gasteiger partial charge on any atom is 0.291 e. The molecule has 3 saturated heterocycles. The predicted molar refractivity (Wildman–Crippen MR) is 97.1 cm³/mol. The molecule has 7 nitrogen and oxygen atoms in total. The van der Waals surface area contributed by atoms with E-state index in [1.165, 1.54) is 12.8 Å². The number of aryl methyl sites for hydroxylation is 1. The predicted octanol–water partition coefficient (Wildman–Crippen LogP) is 1.24. The third kappa shape index (κ3) is 3.52. The Labute approximate surface area is 155 Å². The van der Waals surface area contributed by atoms with Crippen molar-refractivity contribution in [2.75, 3.05) is 59.5 Å². The van der Waals surface area contributed by atoms with Crippen LogP contribution in [0.2, 0.25) is 0 Å². The zero-order valence-corrected chi connectivity index (χ0v) is 15.9. The first-order chi connectivity index (χ1) is 12.6. The van der Waals surface area contributed by atoms with Crippen LogP contribution in [-0.2, 0) is 4.74 Å². The van der Waals surface area contributed by atoms with Crippen molar-refractivity contribution in [3.05, 3.63) is 17.8 Å². The lowest BCUT2D eigenvalue weighted by Gasteiger charge is -2.39. The van der Waals surface area contributed by atoms with E-state index >= 15 is 0 Å². The summed E-state index contributed by atoms with van der Waals surface area (Å²) in [6.45, 7) is 9.57. The third-order valence-electron chi connectivity index (χ3n) is 6.50. The molecule has 1 unspecified atom stereocenters. The second kappa shape index (κ2) is 7.29. The van der Waals surface area contributed by atoms with Crippen LogP contribution >= 0.6 is 0 Å². The summed E-state index contributed by atoms with van der Waals surface area (Å²) in [6, 6.07) is 0.617. The number of likely N-dealkylation sites (tertiary alicyclic amines) is 2. The Morgan fingerprint density at radius 3 is 2.65 bits per heavy atom. The van der Waals surface area contributed by atoms with E-state index in [1.807, 2.05) is 11.8 Å². The second-order valence-electron chi connectivity index (χ2n) is 8.25. The van der Waals surface area contributed by atoms with Gasteiger partial charge in [0.25, 0.3) is 5.91 Å². The maximum absolute atomic E-state index is 12.6. The molecule has 1 amide bonds. The Morgan fingerprint density at radius 2 is 2.00 bits per heavy atom. The number of piperidine rings is 1. The van der Waals surface area contributed by atoms with Gasteiger partial charge in [-0.05, 0) is 38.6 Å². The monoisotopic (exact) mass is 362 g/mol. The molecule has 0 N–H and O–H groups in total. The number of carbonyl (C=O) groups excluding carboxylic acids is 1. The van der Waals surface area contributed by atoms with Gasteiger partial charge in [0.15, 0.2) is 6.39 Å². The number of rotatable bonds is 3. The highest BCUT2D eigenvalue weighted by Crippen LogP contribution is 2.43. The zero-order chi connectivity index (χ0) is 18.1. The molecule has 144 valence electrons. The van der Waals surface area contributed by atoms with Crippen LogP contribution in [0.5, 0.6) is 0 Å². The van der Waals surface area contributed by atoms with Gasteiger partial charge in [-0.1, -0.05) is 0 Å². The van der Waals surface area contributed by atoms with Crippen LogP contribution in [0.15, 0.2) is 10.8 Å². The quantitative estimate of drug-likeness (QED) is 0.806. The molecule has 3 fully saturated rings. The molecule has 4 heterocycles. The summed E-state index contributed by atoms with van der Waals surface area (Å²) in [7, 11) is 2.26. The van der Waals surface area contributed by atoms with Gasteiger partial charge in [-0.25, -0.2) is 4.98 Å². The lowest BCUT2D eigenvalue weighted by Crippen LogP contribution is -2.44. The minimum atomic E-state index is -0.00827. The van der Waals surface area contributed by atoms with Gasteiger partial charge in [-0.15, -0.1) is 0 Å². The molecule has 0 aliphatic carbocycles. The van der Waals surface area contributed by atoms with Crippen molar-refractivity contribution >= 4 is 5.91 Å². The molecule has 0 bridgehead atoms. The molecule has 0 aromatic carbocycles. The van der Waals surface area contributed by atoms with Gasteiger partial charge in [0.2, 0.25) is 5.76 Å². The highest BCUT2D eigenvalue weighted by Gasteiger charge is 2.45. The number of hydrogen-bond acceptors (Lipinski definition) is 6. The van der Waals surface area contributed by atoms with Crippen LogP contribution in [0.25, 0.3) is 0 Å². The fourth-order valence-electron chi connectivity index (χ4n) is 4.86.